The number of rotatable bonds is 15. The first kappa shape index (κ1) is 20.2. The molecule has 0 fully saturated rings. The van der Waals surface area contributed by atoms with Crippen molar-refractivity contribution in [3.8, 4) is 0 Å². The molecule has 2 nitrogen and oxygen atoms in total. The van der Waals surface area contributed by atoms with Gasteiger partial charge in [0.1, 0.15) is 0 Å². The fourth-order valence-electron chi connectivity index (χ4n) is 2.61. The number of aliphatic carboxylic acids is 1. The first-order valence-corrected chi connectivity index (χ1v) is 9.10. The highest BCUT2D eigenvalue weighted by Crippen LogP contribution is 2.18. The summed E-state index contributed by atoms with van der Waals surface area (Å²) >= 11 is 0. The Morgan fingerprint density at radius 1 is 0.762 bits per heavy atom. The number of carboxylic acid groups (broad SMARTS) is 1. The van der Waals surface area contributed by atoms with Crippen molar-refractivity contribution in [3.63, 3.8) is 0 Å². The van der Waals surface area contributed by atoms with Gasteiger partial charge >= 0.3 is 5.97 Å². The smallest absolute Gasteiger partial charge is 0.303 e. The first-order chi connectivity index (χ1) is 10.2. The van der Waals surface area contributed by atoms with E-state index in [0.717, 1.165) is 12.8 Å². The van der Waals surface area contributed by atoms with Crippen molar-refractivity contribution < 1.29 is 9.90 Å². The minimum atomic E-state index is -0.663. The van der Waals surface area contributed by atoms with E-state index in [1.165, 1.54) is 70.6 Å². The molecule has 1 N–H and O–H groups in total. The summed E-state index contributed by atoms with van der Waals surface area (Å²) in [5.74, 6) is -0.663. The molecule has 0 aromatic heterocycles. The van der Waals surface area contributed by atoms with Crippen LogP contribution in [0.4, 0.5) is 0 Å². The summed E-state index contributed by atoms with van der Waals surface area (Å²) in [5.41, 5.74) is 1.67. The van der Waals surface area contributed by atoms with E-state index >= 15 is 0 Å². The van der Waals surface area contributed by atoms with Crippen molar-refractivity contribution in [1.82, 2.24) is 0 Å². The Kier molecular flexibility index (Phi) is 15.0. The van der Waals surface area contributed by atoms with Crippen LogP contribution >= 0.6 is 0 Å². The quantitative estimate of drug-likeness (QED) is 0.277. The van der Waals surface area contributed by atoms with Gasteiger partial charge in [-0.2, -0.15) is 0 Å². The number of hydrogen-bond donors (Lipinski definition) is 1. The molecule has 2 heteroatoms. The Morgan fingerprint density at radius 3 is 1.81 bits per heavy atom. The largest absolute Gasteiger partial charge is 0.481 e. The summed E-state index contributed by atoms with van der Waals surface area (Å²) in [6.07, 6.45) is 18.8. The Hall–Kier alpha value is -0.790. The molecule has 0 aliphatic heterocycles. The highest BCUT2D eigenvalue weighted by Gasteiger charge is 1.99. The zero-order valence-corrected chi connectivity index (χ0v) is 14.3. The van der Waals surface area contributed by atoms with Gasteiger partial charge in [0.2, 0.25) is 0 Å². The molecule has 0 aromatic carbocycles. The third kappa shape index (κ3) is 15.4. The van der Waals surface area contributed by atoms with Crippen molar-refractivity contribution in [1.29, 1.82) is 0 Å². The van der Waals surface area contributed by atoms with Gasteiger partial charge in [0, 0.05) is 6.42 Å². The summed E-state index contributed by atoms with van der Waals surface area (Å²) < 4.78 is 0. The molecule has 0 unspecified atom stereocenters. The Morgan fingerprint density at radius 2 is 1.29 bits per heavy atom. The Balaban J connectivity index is 3.79. The molecule has 0 aliphatic carbocycles. The molecule has 0 aromatic rings. The van der Waals surface area contributed by atoms with E-state index in [9.17, 15) is 4.79 Å². The zero-order valence-electron chi connectivity index (χ0n) is 14.3. The fraction of sp³-hybridized carbons (Fsp3) is 0.842. The van der Waals surface area contributed by atoms with Gasteiger partial charge in [0.15, 0.2) is 0 Å². The minimum Gasteiger partial charge on any atom is -0.481 e. The molecule has 0 radical (unpaired) electrons. The van der Waals surface area contributed by atoms with Crippen LogP contribution in [0, 0.1) is 0 Å². The van der Waals surface area contributed by atoms with Crippen molar-refractivity contribution >= 4 is 5.97 Å². The highest BCUT2D eigenvalue weighted by molar-refractivity contribution is 5.66. The number of carbonyl (C=O) groups is 1. The fourth-order valence-corrected chi connectivity index (χ4v) is 2.61. The maximum Gasteiger partial charge on any atom is 0.303 e. The van der Waals surface area contributed by atoms with Gasteiger partial charge in [0.05, 0.1) is 0 Å². The van der Waals surface area contributed by atoms with Gasteiger partial charge in [-0.1, -0.05) is 64.0 Å². The Bertz CT molecular complexity index is 257. The summed E-state index contributed by atoms with van der Waals surface area (Å²) in [7, 11) is 0. The molecular formula is C19H36O2. The lowest BCUT2D eigenvalue weighted by atomic mass is 9.99. The molecular weight excluding hydrogens is 260 g/mol. The third-order valence-corrected chi connectivity index (χ3v) is 3.98. The van der Waals surface area contributed by atoms with E-state index < -0.39 is 5.97 Å². The lowest BCUT2D eigenvalue weighted by Gasteiger charge is -2.07. The molecule has 0 saturated heterocycles. The van der Waals surface area contributed by atoms with Crippen molar-refractivity contribution in [2.24, 2.45) is 0 Å². The predicted molar refractivity (Wildman–Crippen MR) is 91.7 cm³/mol. The van der Waals surface area contributed by atoms with Crippen molar-refractivity contribution in [2.45, 2.75) is 104 Å². The average molecular weight is 296 g/mol. The molecule has 0 saturated carbocycles. The van der Waals surface area contributed by atoms with Crippen LogP contribution < -0.4 is 0 Å². The molecule has 0 rings (SSSR count). The second kappa shape index (κ2) is 15.6. The SMILES string of the molecule is CCCCCC(=CCCCCCCC(=O)O)CCCCC. The molecule has 21 heavy (non-hydrogen) atoms. The van der Waals surface area contributed by atoms with Gasteiger partial charge in [-0.25, -0.2) is 0 Å². The van der Waals surface area contributed by atoms with Gasteiger partial charge < -0.3 is 5.11 Å². The molecule has 0 heterocycles. The maximum atomic E-state index is 10.4. The zero-order chi connectivity index (χ0) is 15.8. The van der Waals surface area contributed by atoms with Crippen molar-refractivity contribution in [3.05, 3.63) is 11.6 Å². The number of allylic oxidation sites excluding steroid dienone is 2. The predicted octanol–water partition coefficient (Wildman–Crippen LogP) is 6.50. The summed E-state index contributed by atoms with van der Waals surface area (Å²) in [5, 5.41) is 8.58. The molecule has 0 atom stereocenters. The maximum absolute atomic E-state index is 10.4. The van der Waals surface area contributed by atoms with Crippen LogP contribution in [0.1, 0.15) is 104 Å². The van der Waals surface area contributed by atoms with E-state index in [2.05, 4.69) is 19.9 Å². The van der Waals surface area contributed by atoms with Gasteiger partial charge in [-0.3, -0.25) is 4.79 Å². The number of unbranched alkanes of at least 4 members (excludes halogenated alkanes) is 8. The van der Waals surface area contributed by atoms with Crippen LogP contribution in [0.15, 0.2) is 11.6 Å². The van der Waals surface area contributed by atoms with E-state index in [4.69, 9.17) is 5.11 Å². The molecule has 0 spiro atoms. The number of carboxylic acids is 1. The lowest BCUT2D eigenvalue weighted by molar-refractivity contribution is -0.137. The van der Waals surface area contributed by atoms with E-state index in [-0.39, 0.29) is 0 Å². The Labute approximate surface area is 132 Å². The van der Waals surface area contributed by atoms with Crippen LogP contribution in [-0.2, 0) is 4.79 Å². The molecule has 0 amide bonds. The molecule has 0 bridgehead atoms. The van der Waals surface area contributed by atoms with Gasteiger partial charge in [-0.15, -0.1) is 0 Å². The summed E-state index contributed by atoms with van der Waals surface area (Å²) in [6, 6.07) is 0. The third-order valence-electron chi connectivity index (χ3n) is 3.98. The van der Waals surface area contributed by atoms with Crippen LogP contribution in [-0.4, -0.2) is 11.1 Å². The molecule has 0 aliphatic rings. The molecule has 124 valence electrons. The number of hydrogen-bond acceptors (Lipinski definition) is 1. The lowest BCUT2D eigenvalue weighted by Crippen LogP contribution is -1.93. The second-order valence-corrected chi connectivity index (χ2v) is 6.12. The average Bonchev–Trinajstić information content (AvgIpc) is 2.45. The van der Waals surface area contributed by atoms with Gasteiger partial charge in [-0.05, 0) is 44.9 Å². The highest BCUT2D eigenvalue weighted by atomic mass is 16.4. The van der Waals surface area contributed by atoms with E-state index in [1.54, 1.807) is 5.57 Å². The van der Waals surface area contributed by atoms with Crippen LogP contribution in [0.3, 0.4) is 0 Å². The van der Waals surface area contributed by atoms with Gasteiger partial charge in [0.25, 0.3) is 0 Å². The summed E-state index contributed by atoms with van der Waals surface area (Å²) in [6.45, 7) is 4.52. The van der Waals surface area contributed by atoms with Crippen LogP contribution in [0.2, 0.25) is 0 Å². The van der Waals surface area contributed by atoms with E-state index in [1.807, 2.05) is 0 Å². The minimum absolute atomic E-state index is 0.328. The normalized spacial score (nSPS) is 10.6. The van der Waals surface area contributed by atoms with Crippen LogP contribution in [0.25, 0.3) is 0 Å². The standard InChI is InChI=1S/C19H36O2/c1-3-5-10-14-18(15-11-6-4-2)16-12-8-7-9-13-17-19(20)21/h16H,3-15,17H2,1-2H3,(H,20,21). The van der Waals surface area contributed by atoms with E-state index in [0.29, 0.717) is 6.42 Å². The van der Waals surface area contributed by atoms with Crippen molar-refractivity contribution in [2.75, 3.05) is 0 Å². The second-order valence-electron chi connectivity index (χ2n) is 6.12. The summed E-state index contributed by atoms with van der Waals surface area (Å²) in [4.78, 5) is 10.4. The van der Waals surface area contributed by atoms with Crippen LogP contribution in [0.5, 0.6) is 0 Å². The topological polar surface area (TPSA) is 37.3 Å². The first-order valence-electron chi connectivity index (χ1n) is 9.10. The monoisotopic (exact) mass is 296 g/mol.